The minimum Gasteiger partial charge on any atom is -0.379 e. The van der Waals surface area contributed by atoms with Crippen LogP contribution in [0.15, 0.2) is 0 Å². The number of rotatable bonds is 6. The first-order valence-corrected chi connectivity index (χ1v) is 9.11. The predicted octanol–water partition coefficient (Wildman–Crippen LogP) is 3.15. The van der Waals surface area contributed by atoms with Crippen LogP contribution in [-0.2, 0) is 4.74 Å². The minimum atomic E-state index is 0.679. The summed E-state index contributed by atoms with van der Waals surface area (Å²) in [6.07, 6.45) is 5.46. The van der Waals surface area contributed by atoms with Crippen LogP contribution in [0.3, 0.4) is 0 Å². The van der Waals surface area contributed by atoms with E-state index >= 15 is 0 Å². The highest BCUT2D eigenvalue weighted by Gasteiger charge is 2.27. The van der Waals surface area contributed by atoms with Crippen LogP contribution in [-0.4, -0.2) is 49.8 Å². The van der Waals surface area contributed by atoms with Gasteiger partial charge in [-0.25, -0.2) is 0 Å². The second kappa shape index (κ2) is 8.50. The molecule has 0 amide bonds. The van der Waals surface area contributed by atoms with Crippen molar-refractivity contribution in [1.82, 2.24) is 10.2 Å². The van der Waals surface area contributed by atoms with Crippen molar-refractivity contribution >= 4 is 0 Å². The molecule has 2 fully saturated rings. The number of ether oxygens (including phenoxy) is 1. The average molecular weight is 296 g/mol. The maximum atomic E-state index is 5.52. The molecule has 0 aromatic carbocycles. The average Bonchev–Trinajstić information content (AvgIpc) is 2.47. The molecule has 1 heterocycles. The number of nitrogens with one attached hydrogen (secondary N) is 1. The van der Waals surface area contributed by atoms with Gasteiger partial charge in [-0.05, 0) is 37.0 Å². The Morgan fingerprint density at radius 1 is 1.14 bits per heavy atom. The van der Waals surface area contributed by atoms with Gasteiger partial charge in [-0.15, -0.1) is 0 Å². The van der Waals surface area contributed by atoms with Gasteiger partial charge in [-0.1, -0.05) is 34.1 Å². The summed E-state index contributed by atoms with van der Waals surface area (Å²) in [7, 11) is 0. The van der Waals surface area contributed by atoms with E-state index in [0.717, 1.165) is 56.6 Å². The van der Waals surface area contributed by atoms with Crippen LogP contribution in [0.4, 0.5) is 0 Å². The summed E-state index contributed by atoms with van der Waals surface area (Å²) >= 11 is 0. The molecule has 0 aromatic rings. The van der Waals surface area contributed by atoms with Crippen LogP contribution < -0.4 is 5.32 Å². The Balaban J connectivity index is 1.85. The number of morpholine rings is 1. The summed E-state index contributed by atoms with van der Waals surface area (Å²) in [5.74, 6) is 2.50. The van der Waals surface area contributed by atoms with Gasteiger partial charge in [0.15, 0.2) is 0 Å². The Hall–Kier alpha value is -0.120. The first kappa shape index (κ1) is 17.2. The van der Waals surface area contributed by atoms with Crippen LogP contribution in [0.25, 0.3) is 0 Å². The fourth-order valence-corrected chi connectivity index (χ4v) is 3.95. The van der Waals surface area contributed by atoms with E-state index in [2.05, 4.69) is 37.9 Å². The Labute approximate surface area is 131 Å². The predicted molar refractivity (Wildman–Crippen MR) is 89.6 cm³/mol. The summed E-state index contributed by atoms with van der Waals surface area (Å²) in [6, 6.07) is 1.41. The molecule has 3 heteroatoms. The number of nitrogens with zero attached hydrogens (tertiary/aromatic N) is 1. The third-order valence-electron chi connectivity index (χ3n) is 5.38. The molecule has 124 valence electrons. The van der Waals surface area contributed by atoms with Crippen molar-refractivity contribution in [1.29, 1.82) is 0 Å². The highest BCUT2D eigenvalue weighted by Crippen LogP contribution is 2.28. The fraction of sp³-hybridized carbons (Fsp3) is 1.00. The molecule has 4 atom stereocenters. The molecule has 1 saturated carbocycles. The van der Waals surface area contributed by atoms with Crippen LogP contribution in [0, 0.1) is 17.8 Å². The monoisotopic (exact) mass is 296 g/mol. The van der Waals surface area contributed by atoms with E-state index in [-0.39, 0.29) is 0 Å². The molecule has 0 spiro atoms. The Morgan fingerprint density at radius 2 is 1.86 bits per heavy atom. The normalized spacial score (nSPS) is 33.3. The zero-order valence-electron chi connectivity index (χ0n) is 14.6. The van der Waals surface area contributed by atoms with Crippen molar-refractivity contribution in [2.24, 2.45) is 17.8 Å². The molecule has 21 heavy (non-hydrogen) atoms. The molecule has 1 saturated heterocycles. The van der Waals surface area contributed by atoms with Gasteiger partial charge in [-0.2, -0.15) is 0 Å². The van der Waals surface area contributed by atoms with Gasteiger partial charge in [0, 0.05) is 31.7 Å². The lowest BCUT2D eigenvalue weighted by Crippen LogP contribution is -2.51. The smallest absolute Gasteiger partial charge is 0.0594 e. The van der Waals surface area contributed by atoms with Gasteiger partial charge in [0.2, 0.25) is 0 Å². The molecule has 4 unspecified atom stereocenters. The van der Waals surface area contributed by atoms with Crippen molar-refractivity contribution < 1.29 is 4.74 Å². The van der Waals surface area contributed by atoms with Crippen molar-refractivity contribution in [3.05, 3.63) is 0 Å². The Morgan fingerprint density at radius 3 is 2.52 bits per heavy atom. The van der Waals surface area contributed by atoms with E-state index in [1.807, 2.05) is 0 Å². The van der Waals surface area contributed by atoms with E-state index in [4.69, 9.17) is 4.74 Å². The molecule has 0 radical (unpaired) electrons. The van der Waals surface area contributed by atoms with Crippen molar-refractivity contribution in [3.8, 4) is 0 Å². The van der Waals surface area contributed by atoms with E-state index in [1.165, 1.54) is 25.7 Å². The first-order valence-electron chi connectivity index (χ1n) is 9.11. The van der Waals surface area contributed by atoms with E-state index in [1.54, 1.807) is 0 Å². The van der Waals surface area contributed by atoms with E-state index in [9.17, 15) is 0 Å². The zero-order valence-corrected chi connectivity index (χ0v) is 14.6. The summed E-state index contributed by atoms with van der Waals surface area (Å²) in [6.45, 7) is 14.7. The van der Waals surface area contributed by atoms with Crippen molar-refractivity contribution in [2.45, 2.75) is 65.5 Å². The minimum absolute atomic E-state index is 0.679. The molecule has 0 aromatic heterocycles. The van der Waals surface area contributed by atoms with Crippen molar-refractivity contribution in [2.75, 3.05) is 32.8 Å². The van der Waals surface area contributed by atoms with Gasteiger partial charge in [-0.3, -0.25) is 4.90 Å². The third kappa shape index (κ3) is 5.54. The summed E-state index contributed by atoms with van der Waals surface area (Å²) < 4.78 is 5.52. The van der Waals surface area contributed by atoms with Gasteiger partial charge in [0.05, 0.1) is 13.2 Å². The molecular weight excluding hydrogens is 260 g/mol. The van der Waals surface area contributed by atoms with Crippen LogP contribution in [0.1, 0.15) is 53.4 Å². The quantitative estimate of drug-likeness (QED) is 0.815. The van der Waals surface area contributed by atoms with Gasteiger partial charge < -0.3 is 10.1 Å². The molecule has 1 aliphatic heterocycles. The molecule has 0 bridgehead atoms. The van der Waals surface area contributed by atoms with Gasteiger partial charge in [0.25, 0.3) is 0 Å². The fourth-order valence-electron chi connectivity index (χ4n) is 3.95. The standard InChI is InChI=1S/C18H36N2O/c1-14(2)11-17(20-7-9-21-10-8-20)13-19-18-12-15(3)5-6-16(18)4/h14-19H,5-13H2,1-4H3. The molecular formula is C18H36N2O. The molecule has 2 aliphatic rings. The summed E-state index contributed by atoms with van der Waals surface area (Å²) in [4.78, 5) is 2.65. The lowest BCUT2D eigenvalue weighted by molar-refractivity contribution is 0.0109. The van der Waals surface area contributed by atoms with Crippen LogP contribution in [0.2, 0.25) is 0 Å². The summed E-state index contributed by atoms with van der Waals surface area (Å²) in [5.41, 5.74) is 0. The highest BCUT2D eigenvalue weighted by molar-refractivity contribution is 4.84. The van der Waals surface area contributed by atoms with Crippen LogP contribution >= 0.6 is 0 Å². The van der Waals surface area contributed by atoms with Gasteiger partial charge >= 0.3 is 0 Å². The maximum Gasteiger partial charge on any atom is 0.0594 e. The lowest BCUT2D eigenvalue weighted by atomic mass is 9.80. The van der Waals surface area contributed by atoms with E-state index < -0.39 is 0 Å². The second-order valence-corrected chi connectivity index (χ2v) is 7.84. The SMILES string of the molecule is CC(C)CC(CNC1CC(C)CCC1C)N1CCOCC1. The number of hydrogen-bond donors (Lipinski definition) is 1. The number of hydrogen-bond acceptors (Lipinski definition) is 3. The highest BCUT2D eigenvalue weighted by atomic mass is 16.5. The zero-order chi connectivity index (χ0) is 15.2. The molecule has 3 nitrogen and oxygen atoms in total. The second-order valence-electron chi connectivity index (χ2n) is 7.84. The maximum absolute atomic E-state index is 5.52. The van der Waals surface area contributed by atoms with Crippen LogP contribution in [0.5, 0.6) is 0 Å². The molecule has 1 N–H and O–H groups in total. The van der Waals surface area contributed by atoms with Crippen molar-refractivity contribution in [3.63, 3.8) is 0 Å². The molecule has 1 aliphatic carbocycles. The van der Waals surface area contributed by atoms with E-state index in [0.29, 0.717) is 6.04 Å². The molecule has 2 rings (SSSR count). The topological polar surface area (TPSA) is 24.5 Å². The Bertz CT molecular complexity index is 289. The summed E-state index contributed by atoms with van der Waals surface area (Å²) in [5, 5.41) is 3.92. The Kier molecular flexibility index (Phi) is 6.97. The first-order chi connectivity index (χ1) is 10.1. The lowest BCUT2D eigenvalue weighted by Gasteiger charge is -2.39. The third-order valence-corrected chi connectivity index (χ3v) is 5.38. The van der Waals surface area contributed by atoms with Gasteiger partial charge in [0.1, 0.15) is 0 Å². The largest absolute Gasteiger partial charge is 0.379 e.